The number of aromatic nitrogens is 2. The minimum absolute atomic E-state index is 0.00778. The molecule has 2 N–H and O–H groups in total. The first-order valence-electron chi connectivity index (χ1n) is 5.73. The third kappa shape index (κ3) is 2.88. The Labute approximate surface area is 116 Å². The van der Waals surface area contributed by atoms with E-state index < -0.39 is 0 Å². The predicted molar refractivity (Wildman–Crippen MR) is 76.9 cm³/mol. The summed E-state index contributed by atoms with van der Waals surface area (Å²) >= 11 is 7.89. The van der Waals surface area contributed by atoms with Gasteiger partial charge in [-0.3, -0.25) is 0 Å². The average molecular weight is 282 g/mol. The molecular formula is C13H16ClN3S. The fourth-order valence-corrected chi connectivity index (χ4v) is 3.18. The van der Waals surface area contributed by atoms with E-state index in [9.17, 15) is 0 Å². The van der Waals surface area contributed by atoms with Gasteiger partial charge in [-0.05, 0) is 18.6 Å². The minimum Gasteiger partial charge on any atom is -0.329 e. The van der Waals surface area contributed by atoms with Gasteiger partial charge in [0.15, 0.2) is 5.16 Å². The van der Waals surface area contributed by atoms with Crippen molar-refractivity contribution in [3.8, 4) is 0 Å². The highest BCUT2D eigenvalue weighted by molar-refractivity contribution is 7.99. The maximum atomic E-state index is 6.25. The molecule has 2 unspecified atom stereocenters. The zero-order valence-corrected chi connectivity index (χ0v) is 11.9. The number of rotatable bonds is 4. The van der Waals surface area contributed by atoms with Crippen molar-refractivity contribution in [2.75, 3.05) is 0 Å². The molecule has 2 atom stereocenters. The summed E-state index contributed by atoms with van der Waals surface area (Å²) in [4.78, 5) is 4.32. The topological polar surface area (TPSA) is 43.8 Å². The van der Waals surface area contributed by atoms with Gasteiger partial charge < -0.3 is 10.3 Å². The smallest absolute Gasteiger partial charge is 0.168 e. The highest BCUT2D eigenvalue weighted by Gasteiger charge is 2.21. The van der Waals surface area contributed by atoms with Crippen LogP contribution in [0.5, 0.6) is 0 Å². The molecule has 2 aromatic rings. The number of nitrogens with zero attached hydrogens (tertiary/aromatic N) is 2. The number of thioether (sulfide) groups is 1. The Morgan fingerprint density at radius 2 is 2.11 bits per heavy atom. The van der Waals surface area contributed by atoms with Crippen molar-refractivity contribution in [1.29, 1.82) is 0 Å². The first-order chi connectivity index (χ1) is 8.59. The summed E-state index contributed by atoms with van der Waals surface area (Å²) in [5.74, 6) is 0. The first-order valence-corrected chi connectivity index (χ1v) is 6.99. The molecule has 1 aromatic carbocycles. The van der Waals surface area contributed by atoms with E-state index in [2.05, 4.69) is 4.98 Å². The van der Waals surface area contributed by atoms with Crippen molar-refractivity contribution in [2.45, 2.75) is 23.4 Å². The number of imidazole rings is 1. The summed E-state index contributed by atoms with van der Waals surface area (Å²) in [6.45, 7) is 1.99. The number of halogens is 1. The van der Waals surface area contributed by atoms with Gasteiger partial charge in [0, 0.05) is 30.5 Å². The van der Waals surface area contributed by atoms with Gasteiger partial charge in [-0.1, -0.05) is 41.6 Å². The third-order valence-corrected chi connectivity index (χ3v) is 4.58. The number of nitrogens with two attached hydrogens (primary N) is 1. The quantitative estimate of drug-likeness (QED) is 0.875. The molecule has 0 fully saturated rings. The van der Waals surface area contributed by atoms with Gasteiger partial charge in [-0.2, -0.15) is 0 Å². The van der Waals surface area contributed by atoms with Gasteiger partial charge in [0.05, 0.1) is 5.25 Å². The van der Waals surface area contributed by atoms with Crippen molar-refractivity contribution in [3.05, 3.63) is 47.2 Å². The van der Waals surface area contributed by atoms with E-state index in [1.54, 1.807) is 18.0 Å². The zero-order chi connectivity index (χ0) is 13.1. The molecule has 0 saturated heterocycles. The van der Waals surface area contributed by atoms with Gasteiger partial charge in [0.2, 0.25) is 0 Å². The summed E-state index contributed by atoms with van der Waals surface area (Å²) in [6.07, 6.45) is 3.71. The third-order valence-electron chi connectivity index (χ3n) is 2.70. The molecule has 0 spiro atoms. The van der Waals surface area contributed by atoms with Crippen molar-refractivity contribution < 1.29 is 0 Å². The molecule has 0 aliphatic carbocycles. The molecular weight excluding hydrogens is 266 g/mol. The van der Waals surface area contributed by atoms with Crippen LogP contribution in [-0.4, -0.2) is 15.6 Å². The molecule has 3 nitrogen and oxygen atoms in total. The van der Waals surface area contributed by atoms with E-state index >= 15 is 0 Å². The molecule has 0 bridgehead atoms. The van der Waals surface area contributed by atoms with Crippen molar-refractivity contribution >= 4 is 23.4 Å². The fourth-order valence-electron chi connectivity index (χ4n) is 1.74. The van der Waals surface area contributed by atoms with Gasteiger partial charge in [0.1, 0.15) is 0 Å². The zero-order valence-electron chi connectivity index (χ0n) is 10.4. The van der Waals surface area contributed by atoms with Crippen LogP contribution in [0, 0.1) is 0 Å². The van der Waals surface area contributed by atoms with Crippen LogP contribution < -0.4 is 5.73 Å². The van der Waals surface area contributed by atoms with Crippen LogP contribution in [0.15, 0.2) is 41.8 Å². The minimum atomic E-state index is -0.00778. The molecule has 0 radical (unpaired) electrons. The Morgan fingerprint density at radius 3 is 2.67 bits per heavy atom. The van der Waals surface area contributed by atoms with Gasteiger partial charge in [-0.25, -0.2) is 4.98 Å². The fraction of sp³-hybridized carbons (Fsp3) is 0.308. The largest absolute Gasteiger partial charge is 0.329 e. The van der Waals surface area contributed by atoms with Crippen LogP contribution in [0.25, 0.3) is 0 Å². The molecule has 1 heterocycles. The van der Waals surface area contributed by atoms with E-state index in [1.807, 2.05) is 49.0 Å². The molecule has 0 aliphatic heterocycles. The predicted octanol–water partition coefficient (Wildman–Crippen LogP) is 3.25. The Balaban J connectivity index is 2.30. The van der Waals surface area contributed by atoms with Gasteiger partial charge in [0.25, 0.3) is 0 Å². The Hall–Kier alpha value is -0.970. The van der Waals surface area contributed by atoms with E-state index in [0.717, 1.165) is 15.7 Å². The Morgan fingerprint density at radius 1 is 1.39 bits per heavy atom. The lowest BCUT2D eigenvalue weighted by Gasteiger charge is -2.21. The van der Waals surface area contributed by atoms with Gasteiger partial charge in [-0.15, -0.1) is 0 Å². The molecule has 2 rings (SSSR count). The van der Waals surface area contributed by atoms with E-state index in [0.29, 0.717) is 0 Å². The van der Waals surface area contributed by atoms with Crippen LogP contribution >= 0.6 is 23.4 Å². The molecule has 0 saturated carbocycles. The lowest BCUT2D eigenvalue weighted by molar-refractivity contribution is 0.710. The average Bonchev–Trinajstić information content (AvgIpc) is 2.73. The van der Waals surface area contributed by atoms with Crippen LogP contribution in [0.3, 0.4) is 0 Å². The summed E-state index contributed by atoms with van der Waals surface area (Å²) < 4.78 is 1.98. The van der Waals surface area contributed by atoms with Gasteiger partial charge >= 0.3 is 0 Å². The van der Waals surface area contributed by atoms with Crippen LogP contribution in [-0.2, 0) is 7.05 Å². The van der Waals surface area contributed by atoms with E-state index in [-0.39, 0.29) is 11.3 Å². The number of hydrogen-bond acceptors (Lipinski definition) is 3. The highest BCUT2D eigenvalue weighted by atomic mass is 35.5. The molecule has 96 valence electrons. The van der Waals surface area contributed by atoms with Crippen LogP contribution in [0.1, 0.15) is 17.7 Å². The summed E-state index contributed by atoms with van der Waals surface area (Å²) in [5.41, 5.74) is 7.15. The summed E-state index contributed by atoms with van der Waals surface area (Å²) in [7, 11) is 1.97. The lowest BCUT2D eigenvalue weighted by atomic mass is 10.1. The Kier molecular flexibility index (Phi) is 4.32. The van der Waals surface area contributed by atoms with E-state index in [4.69, 9.17) is 17.3 Å². The number of hydrogen-bond donors (Lipinski definition) is 1. The normalized spacial score (nSPS) is 14.4. The standard InChI is InChI=1S/C13H16ClN3S/c1-9(15)12(10-5-3-4-6-11(10)14)18-13-16-7-8-17(13)2/h3-9,12H,15H2,1-2H3. The molecule has 0 amide bonds. The monoisotopic (exact) mass is 281 g/mol. The maximum Gasteiger partial charge on any atom is 0.168 e. The Bertz CT molecular complexity index is 524. The summed E-state index contributed by atoms with van der Waals surface area (Å²) in [6, 6.07) is 7.81. The van der Waals surface area contributed by atoms with Crippen LogP contribution in [0.4, 0.5) is 0 Å². The number of aryl methyl sites for hydroxylation is 1. The number of benzene rings is 1. The lowest BCUT2D eigenvalue weighted by Crippen LogP contribution is -2.23. The molecule has 18 heavy (non-hydrogen) atoms. The van der Waals surface area contributed by atoms with Crippen molar-refractivity contribution in [3.63, 3.8) is 0 Å². The second-order valence-corrected chi connectivity index (χ2v) is 5.76. The van der Waals surface area contributed by atoms with Crippen molar-refractivity contribution in [2.24, 2.45) is 12.8 Å². The molecule has 1 aromatic heterocycles. The van der Waals surface area contributed by atoms with Crippen LogP contribution in [0.2, 0.25) is 5.02 Å². The first kappa shape index (κ1) is 13.5. The van der Waals surface area contributed by atoms with E-state index in [1.165, 1.54) is 0 Å². The second-order valence-electron chi connectivity index (χ2n) is 4.24. The summed E-state index contributed by atoms with van der Waals surface area (Å²) in [5, 5.41) is 1.79. The maximum absolute atomic E-state index is 6.25. The second kappa shape index (κ2) is 5.78. The molecule has 0 aliphatic rings. The highest BCUT2D eigenvalue weighted by Crippen LogP contribution is 2.39. The van der Waals surface area contributed by atoms with Crippen molar-refractivity contribution in [1.82, 2.24) is 9.55 Å². The molecule has 5 heteroatoms. The SMILES string of the molecule is CC(N)C(Sc1nccn1C)c1ccccc1Cl.